The van der Waals surface area contributed by atoms with E-state index in [1.54, 1.807) is 0 Å². The maximum absolute atomic E-state index is 15.1. The third-order valence-corrected chi connectivity index (χ3v) is 11.2. The van der Waals surface area contributed by atoms with Crippen molar-refractivity contribution in [2.45, 2.75) is 129 Å². The third kappa shape index (κ3) is 6.54. The van der Waals surface area contributed by atoms with E-state index in [2.05, 4.69) is 13.8 Å². The van der Waals surface area contributed by atoms with Crippen LogP contribution in [0.3, 0.4) is 0 Å². The molecule has 0 aliphatic heterocycles. The zero-order valence-electron chi connectivity index (χ0n) is 23.5. The van der Waals surface area contributed by atoms with Crippen molar-refractivity contribution in [2.24, 2.45) is 41.4 Å². The molecule has 0 amide bonds. The zero-order chi connectivity index (χ0) is 26.9. The van der Waals surface area contributed by atoms with Crippen LogP contribution >= 0.6 is 0 Å². The van der Waals surface area contributed by atoms with Crippen LogP contribution in [0, 0.1) is 53.1 Å². The molecule has 4 fully saturated rings. The van der Waals surface area contributed by atoms with E-state index in [0.29, 0.717) is 36.2 Å². The molecule has 214 valence electrons. The lowest BCUT2D eigenvalue weighted by atomic mass is 9.68. The molecule has 0 N–H and O–H groups in total. The first-order valence-corrected chi connectivity index (χ1v) is 15.7. The van der Waals surface area contributed by atoms with Gasteiger partial charge in [0.2, 0.25) is 0 Å². The highest BCUT2D eigenvalue weighted by molar-refractivity contribution is 5.33. The average Bonchev–Trinajstić information content (AvgIpc) is 2.92. The number of rotatable bonds is 6. The Kier molecular flexibility index (Phi) is 8.99. The number of alkyl halides is 2. The van der Waals surface area contributed by atoms with Crippen LogP contribution in [0.2, 0.25) is 0 Å². The van der Waals surface area contributed by atoms with Gasteiger partial charge in [-0.25, -0.2) is 8.78 Å². The minimum atomic E-state index is -3.56. The van der Waals surface area contributed by atoms with E-state index in [9.17, 15) is 0 Å². The molecule has 4 aliphatic carbocycles. The Bertz CT molecular complexity index is 877. The molecule has 0 aromatic heterocycles. The Morgan fingerprint density at radius 3 is 1.37 bits per heavy atom. The van der Waals surface area contributed by atoms with Gasteiger partial charge in [-0.2, -0.15) is 8.78 Å². The van der Waals surface area contributed by atoms with E-state index in [1.165, 1.54) is 63.5 Å². The van der Waals surface area contributed by atoms with Gasteiger partial charge >= 0.3 is 6.11 Å². The van der Waals surface area contributed by atoms with Gasteiger partial charge < -0.3 is 4.74 Å². The highest BCUT2D eigenvalue weighted by Gasteiger charge is 2.46. The topological polar surface area (TPSA) is 9.23 Å². The van der Waals surface area contributed by atoms with Gasteiger partial charge in [0.15, 0.2) is 17.4 Å². The number of hydrogen-bond donors (Lipinski definition) is 0. The van der Waals surface area contributed by atoms with Crippen LogP contribution in [-0.4, -0.2) is 6.11 Å². The molecule has 4 aliphatic rings. The Balaban J connectivity index is 1.15. The summed E-state index contributed by atoms with van der Waals surface area (Å²) in [5.41, 5.74) is 0.591. The van der Waals surface area contributed by atoms with Crippen molar-refractivity contribution < 1.29 is 22.3 Å². The minimum absolute atomic E-state index is 0.0883. The summed E-state index contributed by atoms with van der Waals surface area (Å²) in [5.74, 6) is 0.465. The van der Waals surface area contributed by atoms with Gasteiger partial charge in [0.1, 0.15) is 0 Å². The zero-order valence-corrected chi connectivity index (χ0v) is 23.5. The lowest BCUT2D eigenvalue weighted by Crippen LogP contribution is -2.38. The summed E-state index contributed by atoms with van der Waals surface area (Å²) >= 11 is 0. The smallest absolute Gasteiger partial charge is 0.400 e. The van der Waals surface area contributed by atoms with E-state index >= 15 is 17.6 Å². The molecule has 0 spiro atoms. The molecule has 0 saturated heterocycles. The number of hydrogen-bond acceptors (Lipinski definition) is 1. The van der Waals surface area contributed by atoms with Crippen LogP contribution in [0.5, 0.6) is 5.75 Å². The van der Waals surface area contributed by atoms with Crippen LogP contribution in [-0.2, 0) is 0 Å². The monoisotopic (exact) mass is 536 g/mol. The average molecular weight is 537 g/mol. The Morgan fingerprint density at radius 2 is 0.947 bits per heavy atom. The second-order valence-corrected chi connectivity index (χ2v) is 13.7. The minimum Gasteiger partial charge on any atom is -0.426 e. The van der Waals surface area contributed by atoms with E-state index in [-0.39, 0.29) is 5.92 Å². The summed E-state index contributed by atoms with van der Waals surface area (Å²) < 4.78 is 65.1. The maximum atomic E-state index is 15.1. The van der Waals surface area contributed by atoms with Gasteiger partial charge in [-0.3, -0.25) is 0 Å². The van der Waals surface area contributed by atoms with Crippen LogP contribution in [0.4, 0.5) is 17.6 Å². The molecule has 1 nitrogen and oxygen atoms in total. The molecule has 0 bridgehead atoms. The fourth-order valence-electron chi connectivity index (χ4n) is 8.50. The molecular weight excluding hydrogens is 488 g/mol. The molecule has 0 heterocycles. The predicted molar refractivity (Wildman–Crippen MR) is 144 cm³/mol. The Morgan fingerprint density at radius 1 is 0.579 bits per heavy atom. The lowest BCUT2D eigenvalue weighted by molar-refractivity contribution is -0.226. The Hall–Kier alpha value is -1.26. The highest BCUT2D eigenvalue weighted by atomic mass is 19.3. The summed E-state index contributed by atoms with van der Waals surface area (Å²) in [6.45, 7) is 4.63. The summed E-state index contributed by atoms with van der Waals surface area (Å²) in [4.78, 5) is 0. The highest BCUT2D eigenvalue weighted by Crippen LogP contribution is 2.47. The van der Waals surface area contributed by atoms with Gasteiger partial charge in [-0.15, -0.1) is 0 Å². The normalized spacial score (nSPS) is 37.1. The first-order valence-electron chi connectivity index (χ1n) is 15.7. The SMILES string of the molecule is CC1CCC(C2CCC(c3cc(F)c(OC(F)(F)C4CCC(C5CCC(C)CC5)CC4)c(F)c3)CC2)CC1. The molecule has 0 atom stereocenters. The van der Waals surface area contributed by atoms with Gasteiger partial charge in [0.05, 0.1) is 5.92 Å². The predicted octanol–water partition coefficient (Wildman–Crippen LogP) is 10.7. The van der Waals surface area contributed by atoms with E-state index in [1.807, 2.05) is 0 Å². The van der Waals surface area contributed by atoms with Gasteiger partial charge in [-0.1, -0.05) is 39.5 Å². The van der Waals surface area contributed by atoms with E-state index in [4.69, 9.17) is 4.74 Å². The van der Waals surface area contributed by atoms with Crippen molar-refractivity contribution in [3.05, 3.63) is 29.3 Å². The third-order valence-electron chi connectivity index (χ3n) is 11.2. The molecular formula is C33H48F4O. The number of benzene rings is 1. The number of ether oxygens (including phenoxy) is 1. The molecule has 0 unspecified atom stereocenters. The molecule has 1 aromatic carbocycles. The van der Waals surface area contributed by atoms with Gasteiger partial charge in [0.25, 0.3) is 0 Å². The van der Waals surface area contributed by atoms with Gasteiger partial charge in [0, 0.05) is 0 Å². The quantitative estimate of drug-likeness (QED) is 0.329. The van der Waals surface area contributed by atoms with E-state index < -0.39 is 29.4 Å². The van der Waals surface area contributed by atoms with Crippen LogP contribution in [0.25, 0.3) is 0 Å². The second kappa shape index (κ2) is 12.1. The van der Waals surface area contributed by atoms with Crippen molar-refractivity contribution in [3.63, 3.8) is 0 Å². The second-order valence-electron chi connectivity index (χ2n) is 13.7. The number of halogens is 4. The van der Waals surface area contributed by atoms with Gasteiger partial charge in [-0.05, 0) is 136 Å². The maximum Gasteiger partial charge on any atom is 0.400 e. The summed E-state index contributed by atoms with van der Waals surface area (Å²) in [6.07, 6.45) is 12.8. The fraction of sp³-hybridized carbons (Fsp3) is 0.818. The van der Waals surface area contributed by atoms with Crippen molar-refractivity contribution in [1.29, 1.82) is 0 Å². The first kappa shape index (κ1) is 28.3. The summed E-state index contributed by atoms with van der Waals surface area (Å²) in [5, 5.41) is 0. The Labute approximate surface area is 227 Å². The molecule has 5 heteroatoms. The van der Waals surface area contributed by atoms with Crippen molar-refractivity contribution in [1.82, 2.24) is 0 Å². The van der Waals surface area contributed by atoms with Crippen LogP contribution in [0.15, 0.2) is 12.1 Å². The lowest BCUT2D eigenvalue weighted by Gasteiger charge is -2.39. The summed E-state index contributed by atoms with van der Waals surface area (Å²) in [7, 11) is 0. The summed E-state index contributed by atoms with van der Waals surface area (Å²) in [6, 6.07) is 2.51. The van der Waals surface area contributed by atoms with Crippen LogP contribution in [0.1, 0.15) is 128 Å². The standard InChI is InChI=1S/C33H48F4O/c1-21-3-7-23(8-4-21)25-11-13-27(14-12-25)28-19-30(34)32(31(35)20-28)38-33(36,37)29-17-15-26(16-18-29)24-9-5-22(2)6-10-24/h19-27,29H,3-18H2,1-2H3. The molecule has 5 rings (SSSR count). The van der Waals surface area contributed by atoms with E-state index in [0.717, 1.165) is 56.3 Å². The fourth-order valence-corrected chi connectivity index (χ4v) is 8.50. The molecule has 4 saturated carbocycles. The van der Waals surface area contributed by atoms with Crippen molar-refractivity contribution >= 4 is 0 Å². The molecule has 0 radical (unpaired) electrons. The van der Waals surface area contributed by atoms with Crippen molar-refractivity contribution in [3.8, 4) is 5.75 Å². The van der Waals surface area contributed by atoms with Crippen LogP contribution < -0.4 is 4.74 Å². The largest absolute Gasteiger partial charge is 0.426 e. The molecule has 38 heavy (non-hydrogen) atoms. The van der Waals surface area contributed by atoms with Crippen molar-refractivity contribution in [2.75, 3.05) is 0 Å². The molecule has 1 aromatic rings. The first-order chi connectivity index (χ1) is 18.2.